The van der Waals surface area contributed by atoms with Gasteiger partial charge in [0, 0.05) is 54.6 Å². The molecule has 1 aliphatic heterocycles. The molecule has 2 aromatic carbocycles. The molecule has 0 unspecified atom stereocenters. The first-order valence-electron chi connectivity index (χ1n) is 10.7. The zero-order valence-corrected chi connectivity index (χ0v) is 17.7. The topological polar surface area (TPSA) is 83.9 Å². The molecule has 32 heavy (non-hydrogen) atoms. The van der Waals surface area contributed by atoms with Gasteiger partial charge in [0.2, 0.25) is 5.95 Å². The van der Waals surface area contributed by atoms with Crippen LogP contribution >= 0.6 is 0 Å². The average molecular weight is 425 g/mol. The van der Waals surface area contributed by atoms with Crippen LogP contribution in [0.3, 0.4) is 0 Å². The molecule has 2 N–H and O–H groups in total. The number of aryl methyl sites for hydroxylation is 1. The van der Waals surface area contributed by atoms with Gasteiger partial charge in [-0.25, -0.2) is 4.98 Å². The zero-order chi connectivity index (χ0) is 21.5. The van der Waals surface area contributed by atoms with Crippen molar-refractivity contribution in [1.29, 1.82) is 0 Å². The second-order valence-corrected chi connectivity index (χ2v) is 7.98. The van der Waals surface area contributed by atoms with Crippen LogP contribution in [0.1, 0.15) is 0 Å². The van der Waals surface area contributed by atoms with Gasteiger partial charge in [-0.1, -0.05) is 18.2 Å². The van der Waals surface area contributed by atoms with Gasteiger partial charge in [-0.3, -0.25) is 4.68 Å². The lowest BCUT2D eigenvalue weighted by molar-refractivity contribution is 0.122. The first-order chi connectivity index (χ1) is 15.7. The van der Waals surface area contributed by atoms with Crippen LogP contribution in [0, 0.1) is 0 Å². The maximum atomic E-state index is 5.52. The average Bonchev–Trinajstić information content (AvgIpc) is 3.45. The van der Waals surface area contributed by atoms with Crippen molar-refractivity contribution in [2.45, 2.75) is 0 Å². The largest absolute Gasteiger partial charge is 0.378 e. The fourth-order valence-corrected chi connectivity index (χ4v) is 4.13. The van der Waals surface area contributed by atoms with Gasteiger partial charge in [0.15, 0.2) is 0 Å². The third kappa shape index (κ3) is 3.44. The smallest absolute Gasteiger partial charge is 0.228 e. The van der Waals surface area contributed by atoms with Crippen LogP contribution in [0.2, 0.25) is 0 Å². The molecular formula is C24H23N7O. The number of hydrogen-bond acceptors (Lipinski definition) is 6. The third-order valence-corrected chi connectivity index (χ3v) is 5.88. The molecule has 6 rings (SSSR count). The van der Waals surface area contributed by atoms with Crippen molar-refractivity contribution in [2.24, 2.45) is 7.05 Å². The number of anilines is 3. The van der Waals surface area contributed by atoms with Gasteiger partial charge < -0.3 is 19.9 Å². The predicted molar refractivity (Wildman–Crippen MR) is 126 cm³/mol. The van der Waals surface area contributed by atoms with Crippen molar-refractivity contribution >= 4 is 39.3 Å². The molecule has 1 saturated heterocycles. The first-order valence-corrected chi connectivity index (χ1v) is 10.7. The Balaban J connectivity index is 1.43. The van der Waals surface area contributed by atoms with E-state index in [1.165, 1.54) is 5.39 Å². The van der Waals surface area contributed by atoms with E-state index in [0.29, 0.717) is 19.2 Å². The molecule has 0 amide bonds. The molecule has 0 atom stereocenters. The molecule has 8 nitrogen and oxygen atoms in total. The molecule has 1 fully saturated rings. The van der Waals surface area contributed by atoms with Crippen LogP contribution in [0.5, 0.6) is 0 Å². The maximum absolute atomic E-state index is 5.52. The van der Waals surface area contributed by atoms with Crippen molar-refractivity contribution in [3.05, 3.63) is 60.9 Å². The lowest BCUT2D eigenvalue weighted by Crippen LogP contribution is -2.37. The summed E-state index contributed by atoms with van der Waals surface area (Å²) in [5.74, 6) is 1.46. The minimum Gasteiger partial charge on any atom is -0.378 e. The van der Waals surface area contributed by atoms with E-state index in [0.717, 1.165) is 52.3 Å². The Hall–Kier alpha value is -3.91. The zero-order valence-electron chi connectivity index (χ0n) is 17.7. The molecule has 1 aliphatic rings. The Morgan fingerprint density at radius 2 is 1.84 bits per heavy atom. The number of nitrogens with zero attached hydrogens (tertiary/aromatic N) is 5. The van der Waals surface area contributed by atoms with Crippen molar-refractivity contribution in [1.82, 2.24) is 24.7 Å². The summed E-state index contributed by atoms with van der Waals surface area (Å²) >= 11 is 0. The van der Waals surface area contributed by atoms with Gasteiger partial charge in [-0.2, -0.15) is 10.1 Å². The summed E-state index contributed by atoms with van der Waals surface area (Å²) in [6, 6.07) is 16.6. The summed E-state index contributed by atoms with van der Waals surface area (Å²) in [5, 5.41) is 10.1. The van der Waals surface area contributed by atoms with E-state index in [4.69, 9.17) is 14.7 Å². The third-order valence-electron chi connectivity index (χ3n) is 5.88. The second kappa shape index (κ2) is 7.65. The molecule has 3 aromatic heterocycles. The summed E-state index contributed by atoms with van der Waals surface area (Å²) in [7, 11) is 1.95. The summed E-state index contributed by atoms with van der Waals surface area (Å²) in [6.45, 7) is 2.91. The SMILES string of the molecule is Cn1ncc2ccc(-c3cc(Nc4ccc5cc[nH]c5c4)nc(N4CCOCC4)n3)cc21. The normalized spacial score (nSPS) is 14.3. The highest BCUT2D eigenvalue weighted by molar-refractivity contribution is 5.85. The Morgan fingerprint density at radius 1 is 0.969 bits per heavy atom. The lowest BCUT2D eigenvalue weighted by atomic mass is 10.1. The molecule has 5 aromatic rings. The number of ether oxygens (including phenoxy) is 1. The standard InChI is InChI=1S/C24H23N7O/c1-30-22-12-17(2-3-18(22)15-26-30)21-14-23(29-24(28-21)31-8-10-32-11-9-31)27-19-5-4-16-6-7-25-20(16)13-19/h2-7,12-15,25H,8-11H2,1H3,(H,27,28,29). The minimum atomic E-state index is 0.681. The minimum absolute atomic E-state index is 0.681. The Bertz CT molecular complexity index is 1410. The highest BCUT2D eigenvalue weighted by Crippen LogP contribution is 2.28. The molecule has 8 heteroatoms. The summed E-state index contributed by atoms with van der Waals surface area (Å²) in [4.78, 5) is 15.2. The summed E-state index contributed by atoms with van der Waals surface area (Å²) in [5.41, 5.74) is 5.02. The molecule has 0 saturated carbocycles. The number of nitrogens with one attached hydrogen (secondary N) is 2. The molecule has 4 heterocycles. The van der Waals surface area contributed by atoms with Gasteiger partial charge in [0.25, 0.3) is 0 Å². The second-order valence-electron chi connectivity index (χ2n) is 7.98. The number of benzene rings is 2. The van der Waals surface area contributed by atoms with E-state index in [2.05, 4.69) is 62.8 Å². The molecule has 160 valence electrons. The van der Waals surface area contributed by atoms with Crippen LogP contribution in [0.25, 0.3) is 33.1 Å². The van der Waals surface area contributed by atoms with E-state index in [1.54, 1.807) is 0 Å². The number of fused-ring (bicyclic) bond motifs is 2. The maximum Gasteiger partial charge on any atom is 0.228 e. The van der Waals surface area contributed by atoms with Gasteiger partial charge >= 0.3 is 0 Å². The molecule has 0 bridgehead atoms. The lowest BCUT2D eigenvalue weighted by Gasteiger charge is -2.27. The summed E-state index contributed by atoms with van der Waals surface area (Å²) < 4.78 is 7.40. The summed E-state index contributed by atoms with van der Waals surface area (Å²) in [6.07, 6.45) is 3.82. The number of aromatic amines is 1. The van der Waals surface area contributed by atoms with E-state index in [1.807, 2.05) is 30.2 Å². The first kappa shape index (κ1) is 18.8. The van der Waals surface area contributed by atoms with Gasteiger partial charge in [-0.05, 0) is 29.7 Å². The van der Waals surface area contributed by atoms with Crippen LogP contribution in [0.15, 0.2) is 60.9 Å². The molecule has 0 radical (unpaired) electrons. The number of morpholine rings is 1. The fourth-order valence-electron chi connectivity index (χ4n) is 4.13. The fraction of sp³-hybridized carbons (Fsp3) is 0.208. The van der Waals surface area contributed by atoms with Crippen LogP contribution in [-0.4, -0.2) is 51.0 Å². The molecule has 0 aliphatic carbocycles. The van der Waals surface area contributed by atoms with Crippen LogP contribution < -0.4 is 10.2 Å². The van der Waals surface area contributed by atoms with Crippen molar-refractivity contribution < 1.29 is 4.74 Å². The van der Waals surface area contributed by atoms with E-state index in [9.17, 15) is 0 Å². The molecule has 0 spiro atoms. The Morgan fingerprint density at radius 3 is 2.75 bits per heavy atom. The van der Waals surface area contributed by atoms with Crippen molar-refractivity contribution in [3.8, 4) is 11.3 Å². The Labute approximate surface area is 184 Å². The van der Waals surface area contributed by atoms with Crippen molar-refractivity contribution in [3.63, 3.8) is 0 Å². The predicted octanol–water partition coefficient (Wildman–Crippen LogP) is 4.09. The number of hydrogen-bond donors (Lipinski definition) is 2. The van der Waals surface area contributed by atoms with E-state index in [-0.39, 0.29) is 0 Å². The van der Waals surface area contributed by atoms with Crippen LogP contribution in [0.4, 0.5) is 17.5 Å². The van der Waals surface area contributed by atoms with Gasteiger partial charge in [0.1, 0.15) is 5.82 Å². The Kier molecular flexibility index (Phi) is 4.50. The number of H-pyrrole nitrogens is 1. The van der Waals surface area contributed by atoms with Crippen molar-refractivity contribution in [2.75, 3.05) is 36.5 Å². The monoisotopic (exact) mass is 425 g/mol. The van der Waals surface area contributed by atoms with Gasteiger partial charge in [-0.15, -0.1) is 0 Å². The molecular weight excluding hydrogens is 402 g/mol. The highest BCUT2D eigenvalue weighted by atomic mass is 16.5. The van der Waals surface area contributed by atoms with Gasteiger partial charge in [0.05, 0.1) is 30.6 Å². The van der Waals surface area contributed by atoms with Crippen LogP contribution in [-0.2, 0) is 11.8 Å². The quantitative estimate of drug-likeness (QED) is 0.451. The van der Waals surface area contributed by atoms with E-state index >= 15 is 0 Å². The number of aromatic nitrogens is 5. The van der Waals surface area contributed by atoms with E-state index < -0.39 is 0 Å². The number of rotatable bonds is 4. The highest BCUT2D eigenvalue weighted by Gasteiger charge is 2.17.